The molecule has 0 fully saturated rings. The third-order valence-electron chi connectivity index (χ3n) is 3.21. The maximum absolute atomic E-state index is 5.94. The number of nitrogen functional groups attached to an aromatic ring is 1. The quantitative estimate of drug-likeness (QED) is 0.744. The van der Waals surface area contributed by atoms with Crippen molar-refractivity contribution in [3.05, 3.63) is 58.6 Å². The first-order valence-electron chi connectivity index (χ1n) is 6.24. The Kier molecular flexibility index (Phi) is 3.32. The summed E-state index contributed by atoms with van der Waals surface area (Å²) in [6, 6.07) is 16.0. The van der Waals surface area contributed by atoms with Gasteiger partial charge in [0.25, 0.3) is 0 Å². The van der Waals surface area contributed by atoms with Crippen molar-refractivity contribution in [2.24, 2.45) is 0 Å². The van der Waals surface area contributed by atoms with Gasteiger partial charge in [0.1, 0.15) is 5.69 Å². The average Bonchev–Trinajstić information content (AvgIpc) is 2.85. The van der Waals surface area contributed by atoms with Crippen LogP contribution in [0.25, 0.3) is 22.4 Å². The lowest BCUT2D eigenvalue weighted by Gasteiger charge is -2.05. The maximum atomic E-state index is 5.94. The topological polar surface area (TPSA) is 52.0 Å². The molecule has 0 saturated carbocycles. The number of nitrogens with two attached hydrogens (primary N) is 1. The van der Waals surface area contributed by atoms with E-state index >= 15 is 0 Å². The van der Waals surface area contributed by atoms with Crippen LogP contribution >= 0.6 is 15.9 Å². The standard InChI is InChI=1S/C16H13BrN2O/c1-10-9-12(7-8-13(10)17)15-14(16(18)20-19-15)11-5-3-2-4-6-11/h2-9H,18H2,1H3. The highest BCUT2D eigenvalue weighted by atomic mass is 79.9. The second kappa shape index (κ2) is 5.13. The number of aromatic nitrogens is 1. The van der Waals surface area contributed by atoms with Crippen LogP contribution in [0.2, 0.25) is 0 Å². The fourth-order valence-electron chi connectivity index (χ4n) is 2.18. The first-order chi connectivity index (χ1) is 9.66. The van der Waals surface area contributed by atoms with Crippen LogP contribution in [-0.2, 0) is 0 Å². The van der Waals surface area contributed by atoms with Gasteiger partial charge >= 0.3 is 0 Å². The number of nitrogens with zero attached hydrogens (tertiary/aromatic N) is 1. The third kappa shape index (κ3) is 2.23. The van der Waals surface area contributed by atoms with Crippen LogP contribution in [0.5, 0.6) is 0 Å². The molecule has 20 heavy (non-hydrogen) atoms. The molecule has 2 aromatic carbocycles. The molecular formula is C16H13BrN2O. The number of benzene rings is 2. The van der Waals surface area contributed by atoms with Crippen LogP contribution < -0.4 is 5.73 Å². The SMILES string of the molecule is Cc1cc(-c2noc(N)c2-c2ccccc2)ccc1Br. The first kappa shape index (κ1) is 12.9. The molecule has 0 amide bonds. The minimum Gasteiger partial charge on any atom is -0.367 e. The van der Waals surface area contributed by atoms with Gasteiger partial charge < -0.3 is 10.3 Å². The minimum atomic E-state index is 0.340. The highest BCUT2D eigenvalue weighted by Crippen LogP contribution is 2.36. The van der Waals surface area contributed by atoms with Crippen LogP contribution in [0.15, 0.2) is 57.5 Å². The zero-order valence-electron chi connectivity index (χ0n) is 10.9. The third-order valence-corrected chi connectivity index (χ3v) is 4.10. The maximum Gasteiger partial charge on any atom is 0.230 e. The normalized spacial score (nSPS) is 10.7. The fourth-order valence-corrected chi connectivity index (χ4v) is 2.42. The van der Waals surface area contributed by atoms with Gasteiger partial charge in [0.15, 0.2) is 0 Å². The van der Waals surface area contributed by atoms with Crippen LogP contribution in [0.1, 0.15) is 5.56 Å². The van der Waals surface area contributed by atoms with Crippen molar-refractivity contribution in [2.75, 3.05) is 5.73 Å². The number of halogens is 1. The highest BCUT2D eigenvalue weighted by Gasteiger charge is 2.17. The predicted molar refractivity (Wildman–Crippen MR) is 84.2 cm³/mol. The van der Waals surface area contributed by atoms with Gasteiger partial charge in [0, 0.05) is 10.0 Å². The molecule has 2 N–H and O–H groups in total. The van der Waals surface area contributed by atoms with Gasteiger partial charge in [-0.1, -0.05) is 57.5 Å². The molecule has 0 bridgehead atoms. The van der Waals surface area contributed by atoms with E-state index in [1.54, 1.807) is 0 Å². The second-order valence-corrected chi connectivity index (χ2v) is 5.45. The Balaban J connectivity index is 2.18. The molecule has 3 nitrogen and oxygen atoms in total. The van der Waals surface area contributed by atoms with Gasteiger partial charge in [-0.2, -0.15) is 0 Å². The Bertz CT molecular complexity index is 750. The first-order valence-corrected chi connectivity index (χ1v) is 7.03. The van der Waals surface area contributed by atoms with Gasteiger partial charge in [-0.15, -0.1) is 0 Å². The van der Waals surface area contributed by atoms with Crippen molar-refractivity contribution in [1.82, 2.24) is 5.16 Å². The molecule has 3 aromatic rings. The number of hydrogen-bond acceptors (Lipinski definition) is 3. The Morgan fingerprint density at radius 2 is 1.80 bits per heavy atom. The molecule has 4 heteroatoms. The van der Waals surface area contributed by atoms with E-state index in [1.807, 2.05) is 49.4 Å². The summed E-state index contributed by atoms with van der Waals surface area (Å²) in [5.41, 5.74) is 10.7. The minimum absolute atomic E-state index is 0.340. The monoisotopic (exact) mass is 328 g/mol. The summed E-state index contributed by atoms with van der Waals surface area (Å²) in [6.45, 7) is 2.04. The van der Waals surface area contributed by atoms with Crippen molar-refractivity contribution >= 4 is 21.8 Å². The number of aryl methyl sites for hydroxylation is 1. The Labute approximate surface area is 125 Å². The summed E-state index contributed by atoms with van der Waals surface area (Å²) in [6.07, 6.45) is 0. The lowest BCUT2D eigenvalue weighted by Crippen LogP contribution is -1.88. The average molecular weight is 329 g/mol. The molecule has 0 unspecified atom stereocenters. The lowest BCUT2D eigenvalue weighted by molar-refractivity contribution is 0.439. The van der Waals surface area contributed by atoms with Crippen molar-refractivity contribution in [3.63, 3.8) is 0 Å². The Hall–Kier alpha value is -2.07. The molecule has 1 heterocycles. The van der Waals surface area contributed by atoms with Gasteiger partial charge in [0.05, 0.1) is 5.56 Å². The van der Waals surface area contributed by atoms with Crippen molar-refractivity contribution in [1.29, 1.82) is 0 Å². The molecule has 0 atom stereocenters. The van der Waals surface area contributed by atoms with E-state index < -0.39 is 0 Å². The molecular weight excluding hydrogens is 316 g/mol. The Morgan fingerprint density at radius 1 is 1.05 bits per heavy atom. The van der Waals surface area contributed by atoms with Crippen LogP contribution in [-0.4, -0.2) is 5.16 Å². The van der Waals surface area contributed by atoms with Crippen LogP contribution in [0, 0.1) is 6.92 Å². The van der Waals surface area contributed by atoms with Crippen molar-refractivity contribution in [3.8, 4) is 22.4 Å². The van der Waals surface area contributed by atoms with E-state index in [2.05, 4.69) is 27.2 Å². The second-order valence-electron chi connectivity index (χ2n) is 4.60. The zero-order chi connectivity index (χ0) is 14.1. The van der Waals surface area contributed by atoms with Gasteiger partial charge in [0.2, 0.25) is 5.88 Å². The molecule has 0 aliphatic rings. The summed E-state index contributed by atoms with van der Waals surface area (Å²) in [5, 5.41) is 4.12. The highest BCUT2D eigenvalue weighted by molar-refractivity contribution is 9.10. The molecule has 3 rings (SSSR count). The lowest BCUT2D eigenvalue weighted by atomic mass is 10.00. The van der Waals surface area contributed by atoms with Gasteiger partial charge in [-0.05, 0) is 30.2 Å². The summed E-state index contributed by atoms with van der Waals surface area (Å²) in [5.74, 6) is 0.340. The zero-order valence-corrected chi connectivity index (χ0v) is 12.5. The van der Waals surface area contributed by atoms with Crippen LogP contribution in [0.4, 0.5) is 5.88 Å². The summed E-state index contributed by atoms with van der Waals surface area (Å²) in [7, 11) is 0. The van der Waals surface area contributed by atoms with E-state index in [0.29, 0.717) is 5.88 Å². The predicted octanol–water partition coefficient (Wildman–Crippen LogP) is 4.66. The van der Waals surface area contributed by atoms with E-state index in [9.17, 15) is 0 Å². The van der Waals surface area contributed by atoms with E-state index in [1.165, 1.54) is 0 Å². The van der Waals surface area contributed by atoms with Gasteiger partial charge in [-0.3, -0.25) is 0 Å². The molecule has 1 aromatic heterocycles. The summed E-state index contributed by atoms with van der Waals surface area (Å²) < 4.78 is 6.26. The Morgan fingerprint density at radius 3 is 2.50 bits per heavy atom. The van der Waals surface area contributed by atoms with Crippen molar-refractivity contribution < 1.29 is 4.52 Å². The molecule has 0 spiro atoms. The molecule has 0 aliphatic carbocycles. The number of rotatable bonds is 2. The summed E-state index contributed by atoms with van der Waals surface area (Å²) in [4.78, 5) is 0. The van der Waals surface area contributed by atoms with Crippen molar-refractivity contribution in [2.45, 2.75) is 6.92 Å². The molecule has 100 valence electrons. The summed E-state index contributed by atoms with van der Waals surface area (Å²) >= 11 is 3.50. The van der Waals surface area contributed by atoms with E-state index in [4.69, 9.17) is 10.3 Å². The smallest absolute Gasteiger partial charge is 0.230 e. The molecule has 0 aliphatic heterocycles. The number of hydrogen-bond donors (Lipinski definition) is 1. The van der Waals surface area contributed by atoms with E-state index in [-0.39, 0.29) is 0 Å². The number of anilines is 1. The fraction of sp³-hybridized carbons (Fsp3) is 0.0625. The molecule has 0 radical (unpaired) electrons. The van der Waals surface area contributed by atoms with Crippen LogP contribution in [0.3, 0.4) is 0 Å². The molecule has 0 saturated heterocycles. The van der Waals surface area contributed by atoms with Gasteiger partial charge in [-0.25, -0.2) is 0 Å². The largest absolute Gasteiger partial charge is 0.367 e. The van der Waals surface area contributed by atoms with E-state index in [0.717, 1.165) is 32.4 Å².